The van der Waals surface area contributed by atoms with Crippen LogP contribution in [0.1, 0.15) is 22.3 Å². The van der Waals surface area contributed by atoms with Gasteiger partial charge in [0, 0.05) is 44.1 Å². The Balaban J connectivity index is 2.06. The van der Waals surface area contributed by atoms with Crippen LogP contribution < -0.4 is 0 Å². The van der Waals surface area contributed by atoms with E-state index in [0.717, 1.165) is 19.5 Å². The summed E-state index contributed by atoms with van der Waals surface area (Å²) in [5.74, 6) is 5.69. The Morgan fingerprint density at radius 3 is 3.20 bits per heavy atom. The Hall–Kier alpha value is -1.90. The number of amides is 1. The number of hydrogen-bond donors (Lipinski definition) is 1. The van der Waals surface area contributed by atoms with Crippen LogP contribution >= 0.6 is 0 Å². The first kappa shape index (κ1) is 14.5. The summed E-state index contributed by atoms with van der Waals surface area (Å²) in [6.45, 7) is 1.95. The van der Waals surface area contributed by atoms with E-state index in [0.29, 0.717) is 23.7 Å². The van der Waals surface area contributed by atoms with Gasteiger partial charge in [-0.05, 0) is 12.5 Å². The summed E-state index contributed by atoms with van der Waals surface area (Å²) in [5, 5.41) is 8.68. The second-order valence-corrected chi connectivity index (χ2v) is 4.78. The van der Waals surface area contributed by atoms with E-state index in [1.54, 1.807) is 25.6 Å². The molecule has 0 aliphatic carbocycles. The molecular weight excluding hydrogens is 256 g/mol. The number of aromatic nitrogens is 1. The van der Waals surface area contributed by atoms with Gasteiger partial charge in [-0.25, -0.2) is 0 Å². The molecule has 1 amide bonds. The van der Waals surface area contributed by atoms with Gasteiger partial charge in [0.25, 0.3) is 5.91 Å². The topological polar surface area (TPSA) is 62.7 Å². The van der Waals surface area contributed by atoms with Crippen molar-refractivity contribution in [1.82, 2.24) is 9.88 Å². The zero-order valence-corrected chi connectivity index (χ0v) is 11.5. The lowest BCUT2D eigenvalue weighted by molar-refractivity contribution is 0.0775. The monoisotopic (exact) mass is 274 g/mol. The van der Waals surface area contributed by atoms with Gasteiger partial charge in [0.2, 0.25) is 0 Å². The van der Waals surface area contributed by atoms with Crippen molar-refractivity contribution in [3.8, 4) is 11.8 Å². The maximum atomic E-state index is 12.4. The van der Waals surface area contributed by atoms with Crippen LogP contribution in [-0.2, 0) is 4.74 Å². The van der Waals surface area contributed by atoms with E-state index in [9.17, 15) is 4.79 Å². The fraction of sp³-hybridized carbons (Fsp3) is 0.467. The van der Waals surface area contributed by atoms with E-state index in [-0.39, 0.29) is 12.5 Å². The lowest BCUT2D eigenvalue weighted by Gasteiger charge is -2.16. The van der Waals surface area contributed by atoms with Gasteiger partial charge in [0.15, 0.2) is 0 Å². The van der Waals surface area contributed by atoms with Crippen LogP contribution in [0.5, 0.6) is 0 Å². The van der Waals surface area contributed by atoms with Gasteiger partial charge >= 0.3 is 0 Å². The highest BCUT2D eigenvalue weighted by atomic mass is 16.5. The molecule has 106 valence electrons. The van der Waals surface area contributed by atoms with Crippen molar-refractivity contribution in [2.45, 2.75) is 6.42 Å². The Labute approximate surface area is 118 Å². The third kappa shape index (κ3) is 3.56. The second-order valence-electron chi connectivity index (χ2n) is 4.78. The molecule has 0 spiro atoms. The number of aliphatic hydroxyl groups excluding tert-OH is 1. The van der Waals surface area contributed by atoms with Crippen LogP contribution in [0.2, 0.25) is 0 Å². The molecule has 1 saturated heterocycles. The molecule has 20 heavy (non-hydrogen) atoms. The fourth-order valence-corrected chi connectivity index (χ4v) is 2.34. The molecule has 1 atom stereocenters. The first-order chi connectivity index (χ1) is 9.74. The smallest absolute Gasteiger partial charge is 0.255 e. The molecule has 1 aromatic rings. The minimum absolute atomic E-state index is 0.0243. The van der Waals surface area contributed by atoms with Crippen molar-refractivity contribution in [3.05, 3.63) is 29.6 Å². The summed E-state index contributed by atoms with van der Waals surface area (Å²) in [6, 6.07) is 1.71. The van der Waals surface area contributed by atoms with Gasteiger partial charge in [-0.1, -0.05) is 11.8 Å². The second kappa shape index (κ2) is 7.04. The number of rotatable bonds is 3. The Morgan fingerprint density at radius 1 is 1.60 bits per heavy atom. The molecule has 0 bridgehead atoms. The Morgan fingerprint density at radius 2 is 2.45 bits per heavy atom. The van der Waals surface area contributed by atoms with Gasteiger partial charge < -0.3 is 14.7 Å². The van der Waals surface area contributed by atoms with Crippen LogP contribution in [0.3, 0.4) is 0 Å². The van der Waals surface area contributed by atoms with E-state index >= 15 is 0 Å². The molecule has 1 aliphatic heterocycles. The maximum Gasteiger partial charge on any atom is 0.255 e. The quantitative estimate of drug-likeness (QED) is 0.817. The van der Waals surface area contributed by atoms with Gasteiger partial charge in [-0.15, -0.1) is 0 Å². The van der Waals surface area contributed by atoms with Gasteiger partial charge in [-0.2, -0.15) is 0 Å². The molecule has 5 nitrogen and oxygen atoms in total. The van der Waals surface area contributed by atoms with Crippen LogP contribution in [0, 0.1) is 17.8 Å². The predicted octanol–water partition coefficient (Wildman–Crippen LogP) is 0.534. The maximum absolute atomic E-state index is 12.4. The summed E-state index contributed by atoms with van der Waals surface area (Å²) < 4.78 is 5.13. The molecule has 1 aliphatic rings. The van der Waals surface area contributed by atoms with E-state index in [1.165, 1.54) is 0 Å². The predicted molar refractivity (Wildman–Crippen MR) is 74.1 cm³/mol. The molecule has 2 heterocycles. The normalized spacial score (nSPS) is 17.7. The zero-order valence-electron chi connectivity index (χ0n) is 11.5. The van der Waals surface area contributed by atoms with Crippen molar-refractivity contribution in [3.63, 3.8) is 0 Å². The van der Waals surface area contributed by atoms with Gasteiger partial charge in [0.05, 0.1) is 12.2 Å². The van der Waals surface area contributed by atoms with Crippen molar-refractivity contribution in [1.29, 1.82) is 0 Å². The molecule has 1 fully saturated rings. The van der Waals surface area contributed by atoms with Crippen LogP contribution in [0.4, 0.5) is 0 Å². The molecule has 1 N–H and O–H groups in total. The number of methoxy groups -OCH3 is 1. The standard InChI is InChI=1S/C15H18N2O3/c1-20-11-13-4-5-17(10-13)15(19)14-7-12(3-2-6-18)8-16-9-14/h7-9,13,18H,4-6,10-11H2,1H3. The molecule has 5 heteroatoms. The lowest BCUT2D eigenvalue weighted by Crippen LogP contribution is -2.29. The minimum Gasteiger partial charge on any atom is -0.384 e. The number of nitrogens with zero attached hydrogens (tertiary/aromatic N) is 2. The lowest BCUT2D eigenvalue weighted by atomic mass is 10.1. The summed E-state index contributed by atoms with van der Waals surface area (Å²) in [7, 11) is 1.68. The van der Waals surface area contributed by atoms with E-state index in [4.69, 9.17) is 9.84 Å². The van der Waals surface area contributed by atoms with E-state index in [1.807, 2.05) is 4.90 Å². The fourth-order valence-electron chi connectivity index (χ4n) is 2.34. The van der Waals surface area contributed by atoms with Crippen molar-refractivity contribution < 1.29 is 14.6 Å². The number of hydrogen-bond acceptors (Lipinski definition) is 4. The molecule has 1 aromatic heterocycles. The van der Waals surface area contributed by atoms with E-state index < -0.39 is 0 Å². The number of ether oxygens (including phenoxy) is 1. The van der Waals surface area contributed by atoms with Crippen molar-refractivity contribution >= 4 is 5.91 Å². The third-order valence-electron chi connectivity index (χ3n) is 3.27. The highest BCUT2D eigenvalue weighted by Crippen LogP contribution is 2.18. The number of aliphatic hydroxyl groups is 1. The number of carbonyl (C=O) groups is 1. The number of pyridine rings is 1. The number of carbonyl (C=O) groups excluding carboxylic acids is 1. The van der Waals surface area contributed by atoms with Crippen LogP contribution in [0.25, 0.3) is 0 Å². The number of likely N-dealkylation sites (tertiary alicyclic amines) is 1. The highest BCUT2D eigenvalue weighted by molar-refractivity contribution is 5.94. The van der Waals surface area contributed by atoms with Crippen LogP contribution in [-0.4, -0.2) is 54.3 Å². The summed E-state index contributed by atoms with van der Waals surface area (Å²) in [5.41, 5.74) is 1.17. The molecule has 0 aromatic carbocycles. The summed E-state index contributed by atoms with van der Waals surface area (Å²) >= 11 is 0. The molecular formula is C15H18N2O3. The summed E-state index contributed by atoms with van der Waals surface area (Å²) in [6.07, 6.45) is 4.10. The zero-order chi connectivity index (χ0) is 14.4. The van der Waals surface area contributed by atoms with E-state index in [2.05, 4.69) is 16.8 Å². The largest absolute Gasteiger partial charge is 0.384 e. The Kier molecular flexibility index (Phi) is 5.10. The first-order valence-electron chi connectivity index (χ1n) is 6.57. The minimum atomic E-state index is -0.205. The van der Waals surface area contributed by atoms with Crippen molar-refractivity contribution in [2.75, 3.05) is 33.4 Å². The average Bonchev–Trinajstić information content (AvgIpc) is 2.93. The molecule has 2 rings (SSSR count). The Bertz CT molecular complexity index is 533. The SMILES string of the molecule is COCC1CCN(C(=O)c2cncc(C#CCO)c2)C1. The van der Waals surface area contributed by atoms with Gasteiger partial charge in [0.1, 0.15) is 6.61 Å². The van der Waals surface area contributed by atoms with Crippen molar-refractivity contribution in [2.24, 2.45) is 5.92 Å². The highest BCUT2D eigenvalue weighted by Gasteiger charge is 2.26. The molecule has 1 unspecified atom stereocenters. The van der Waals surface area contributed by atoms with Crippen LogP contribution in [0.15, 0.2) is 18.5 Å². The van der Waals surface area contributed by atoms with Gasteiger partial charge in [-0.3, -0.25) is 9.78 Å². The third-order valence-corrected chi connectivity index (χ3v) is 3.27. The summed E-state index contributed by atoms with van der Waals surface area (Å²) in [4.78, 5) is 18.2. The molecule has 0 saturated carbocycles. The molecule has 0 radical (unpaired) electrons. The first-order valence-corrected chi connectivity index (χ1v) is 6.57. The average molecular weight is 274 g/mol.